The molecule has 8 heteroatoms. The molecule has 1 atom stereocenters. The van der Waals surface area contributed by atoms with Crippen LogP contribution in [0.4, 0.5) is 18.9 Å². The van der Waals surface area contributed by atoms with E-state index in [1.165, 1.54) is 6.33 Å². The van der Waals surface area contributed by atoms with Crippen LogP contribution in [0.1, 0.15) is 6.42 Å². The van der Waals surface area contributed by atoms with E-state index in [1.807, 2.05) is 0 Å². The van der Waals surface area contributed by atoms with Crippen molar-refractivity contribution >= 4 is 12.9 Å². The molecule has 1 aromatic rings. The molecule has 0 radical (unpaired) electrons. The maximum absolute atomic E-state index is 12.2. The summed E-state index contributed by atoms with van der Waals surface area (Å²) in [5.74, 6) is 0.266. The van der Waals surface area contributed by atoms with Crippen LogP contribution in [0, 0.1) is 5.92 Å². The van der Waals surface area contributed by atoms with Gasteiger partial charge in [-0.1, -0.05) is 6.32 Å². The molecule has 0 aliphatic carbocycles. The van der Waals surface area contributed by atoms with Crippen LogP contribution in [0.15, 0.2) is 6.33 Å². The van der Waals surface area contributed by atoms with Gasteiger partial charge in [-0.15, -0.1) is 0 Å². The fraction of sp³-hybridized carbons (Fsp3) is 0.714. The van der Waals surface area contributed by atoms with E-state index in [1.54, 1.807) is 4.90 Å². The molecule has 84 valence electrons. The Bertz CT molecular complexity index is 313. The van der Waals surface area contributed by atoms with Gasteiger partial charge in [0.1, 0.15) is 6.33 Å². The van der Waals surface area contributed by atoms with E-state index in [-0.39, 0.29) is 5.92 Å². The zero-order valence-electron chi connectivity index (χ0n) is 8.04. The molecule has 1 aromatic heterocycles. The maximum atomic E-state index is 12.2. The Morgan fingerprint density at radius 2 is 2.33 bits per heavy atom. The molecule has 1 N–H and O–H groups in total. The quantitative estimate of drug-likeness (QED) is 0.783. The molecule has 0 aromatic carbocycles. The van der Waals surface area contributed by atoms with E-state index < -0.39 is 13.3 Å². The Morgan fingerprint density at radius 3 is 2.93 bits per heavy atom. The number of H-pyrrole nitrogens is 1. The summed E-state index contributed by atoms with van der Waals surface area (Å²) in [5.41, 5.74) is 0. The van der Waals surface area contributed by atoms with Crippen LogP contribution < -0.4 is 4.90 Å². The molecule has 1 saturated heterocycles. The third-order valence-electron chi connectivity index (χ3n) is 2.59. The predicted octanol–water partition coefficient (Wildman–Crippen LogP) is 1.48. The van der Waals surface area contributed by atoms with Crippen LogP contribution in [0.5, 0.6) is 0 Å². The zero-order chi connectivity index (χ0) is 10.9. The summed E-state index contributed by atoms with van der Waals surface area (Å²) in [6, 6.07) is 0. The standard InChI is InChI=1S/C7H11BF3N4/c9-8(10,11)3-6-1-2-15(4-6)7-12-5-13-14-7/h5-6H,1-4H2,(H,12,13,14)/q-1. The second-order valence-corrected chi connectivity index (χ2v) is 3.86. The van der Waals surface area contributed by atoms with Gasteiger partial charge in [0.25, 0.3) is 0 Å². The van der Waals surface area contributed by atoms with E-state index in [0.29, 0.717) is 25.5 Å². The molecule has 2 heterocycles. The van der Waals surface area contributed by atoms with Crippen molar-refractivity contribution in [2.45, 2.75) is 12.7 Å². The van der Waals surface area contributed by atoms with Crippen molar-refractivity contribution in [1.82, 2.24) is 15.2 Å². The summed E-state index contributed by atoms with van der Waals surface area (Å²) in [6.45, 7) is -3.64. The number of nitrogens with zero attached hydrogens (tertiary/aromatic N) is 3. The topological polar surface area (TPSA) is 44.8 Å². The lowest BCUT2D eigenvalue weighted by Crippen LogP contribution is -2.24. The van der Waals surface area contributed by atoms with E-state index in [9.17, 15) is 12.9 Å². The van der Waals surface area contributed by atoms with Crippen LogP contribution in [-0.2, 0) is 0 Å². The average Bonchev–Trinajstić information content (AvgIpc) is 2.68. The lowest BCUT2D eigenvalue weighted by atomic mass is 9.78. The highest BCUT2D eigenvalue weighted by molar-refractivity contribution is 6.58. The molecule has 1 fully saturated rings. The lowest BCUT2D eigenvalue weighted by Gasteiger charge is -2.19. The first kappa shape index (κ1) is 10.3. The molecule has 0 bridgehead atoms. The summed E-state index contributed by atoms with van der Waals surface area (Å²) < 4.78 is 36.6. The van der Waals surface area contributed by atoms with Crippen molar-refractivity contribution in [3.63, 3.8) is 0 Å². The number of aromatic amines is 1. The molecular formula is C7H11BF3N4-. The van der Waals surface area contributed by atoms with Crippen molar-refractivity contribution in [3.8, 4) is 0 Å². The van der Waals surface area contributed by atoms with Gasteiger partial charge in [-0.2, -0.15) is 10.1 Å². The fourth-order valence-electron chi connectivity index (χ4n) is 1.95. The minimum Gasteiger partial charge on any atom is -0.449 e. The lowest BCUT2D eigenvalue weighted by molar-refractivity contribution is 0.439. The van der Waals surface area contributed by atoms with Gasteiger partial charge < -0.3 is 17.8 Å². The van der Waals surface area contributed by atoms with Crippen LogP contribution in [-0.4, -0.2) is 35.2 Å². The minimum atomic E-state index is -4.67. The molecule has 4 nitrogen and oxygen atoms in total. The average molecular weight is 219 g/mol. The Kier molecular flexibility index (Phi) is 2.58. The number of nitrogens with one attached hydrogen (secondary N) is 1. The Hall–Kier alpha value is -1.21. The number of hydrogen-bond acceptors (Lipinski definition) is 3. The van der Waals surface area contributed by atoms with Gasteiger partial charge in [0.05, 0.1) is 0 Å². The second kappa shape index (κ2) is 3.75. The maximum Gasteiger partial charge on any atom is 0.478 e. The predicted molar refractivity (Wildman–Crippen MR) is 50.6 cm³/mol. The third-order valence-corrected chi connectivity index (χ3v) is 2.59. The Balaban J connectivity index is 1.90. The third kappa shape index (κ3) is 2.63. The van der Waals surface area contributed by atoms with Crippen molar-refractivity contribution in [2.75, 3.05) is 18.0 Å². The highest BCUT2D eigenvalue weighted by atomic mass is 19.4. The number of anilines is 1. The fourth-order valence-corrected chi connectivity index (χ4v) is 1.95. The zero-order valence-corrected chi connectivity index (χ0v) is 8.04. The number of aromatic nitrogens is 3. The highest BCUT2D eigenvalue weighted by Gasteiger charge is 2.32. The number of hydrogen-bond donors (Lipinski definition) is 1. The van der Waals surface area contributed by atoms with Crippen molar-refractivity contribution < 1.29 is 12.9 Å². The van der Waals surface area contributed by atoms with Crippen molar-refractivity contribution in [1.29, 1.82) is 0 Å². The Labute approximate surface area is 84.9 Å². The van der Waals surface area contributed by atoms with Crippen LogP contribution in [0.2, 0.25) is 6.32 Å². The van der Waals surface area contributed by atoms with Gasteiger partial charge in [0.2, 0.25) is 5.95 Å². The van der Waals surface area contributed by atoms with Gasteiger partial charge in [0, 0.05) is 13.1 Å². The first-order valence-corrected chi connectivity index (χ1v) is 4.86. The molecule has 15 heavy (non-hydrogen) atoms. The van der Waals surface area contributed by atoms with E-state index in [4.69, 9.17) is 0 Å². The molecule has 1 unspecified atom stereocenters. The van der Waals surface area contributed by atoms with Crippen molar-refractivity contribution in [3.05, 3.63) is 6.33 Å². The highest BCUT2D eigenvalue weighted by Crippen LogP contribution is 2.29. The molecule has 1 aliphatic heterocycles. The summed E-state index contributed by atoms with van der Waals surface area (Å²) >= 11 is 0. The first-order valence-electron chi connectivity index (χ1n) is 4.86. The summed E-state index contributed by atoms with van der Waals surface area (Å²) in [4.78, 5) is 5.72. The SMILES string of the molecule is F[B-](F)(F)CC1CCN(c2ncn[nH]2)C1. The summed E-state index contributed by atoms with van der Waals surface area (Å²) in [5, 5.41) is 6.32. The first-order chi connectivity index (χ1) is 7.04. The monoisotopic (exact) mass is 219 g/mol. The smallest absolute Gasteiger partial charge is 0.449 e. The molecule has 0 spiro atoms. The second-order valence-electron chi connectivity index (χ2n) is 3.86. The number of rotatable bonds is 3. The molecular weight excluding hydrogens is 208 g/mol. The van der Waals surface area contributed by atoms with Crippen molar-refractivity contribution in [2.24, 2.45) is 5.92 Å². The number of halogens is 3. The summed E-state index contributed by atoms with van der Waals surface area (Å²) in [7, 11) is 0. The van der Waals surface area contributed by atoms with Crippen LogP contribution in [0.25, 0.3) is 0 Å². The van der Waals surface area contributed by atoms with Gasteiger partial charge in [-0.05, 0) is 12.3 Å². The van der Waals surface area contributed by atoms with E-state index >= 15 is 0 Å². The molecule has 2 rings (SSSR count). The van der Waals surface area contributed by atoms with Gasteiger partial charge in [-0.25, -0.2) is 5.10 Å². The normalized spacial score (nSPS) is 22.3. The molecule has 1 aliphatic rings. The largest absolute Gasteiger partial charge is 0.478 e. The van der Waals surface area contributed by atoms with E-state index in [2.05, 4.69) is 15.2 Å². The van der Waals surface area contributed by atoms with Crippen LogP contribution >= 0.6 is 0 Å². The van der Waals surface area contributed by atoms with E-state index in [0.717, 1.165) is 0 Å². The van der Waals surface area contributed by atoms with Gasteiger partial charge in [0.15, 0.2) is 0 Å². The van der Waals surface area contributed by atoms with Gasteiger partial charge in [-0.3, -0.25) is 0 Å². The minimum absolute atomic E-state index is 0.296. The molecule has 0 saturated carbocycles. The molecule has 0 amide bonds. The van der Waals surface area contributed by atoms with Crippen LogP contribution in [0.3, 0.4) is 0 Å². The van der Waals surface area contributed by atoms with Gasteiger partial charge >= 0.3 is 6.98 Å². The summed E-state index contributed by atoms with van der Waals surface area (Å²) in [6.07, 6.45) is 1.28. The Morgan fingerprint density at radius 1 is 1.53 bits per heavy atom.